The van der Waals surface area contributed by atoms with Crippen molar-refractivity contribution < 1.29 is 9.47 Å². The highest BCUT2D eigenvalue weighted by molar-refractivity contribution is 5.58. The summed E-state index contributed by atoms with van der Waals surface area (Å²) < 4.78 is 10.9. The van der Waals surface area contributed by atoms with Crippen LogP contribution in [0.3, 0.4) is 0 Å². The molecule has 0 atom stereocenters. The minimum Gasteiger partial charge on any atom is -0.493 e. The Morgan fingerprint density at radius 1 is 1.24 bits per heavy atom. The Labute approximate surface area is 129 Å². The van der Waals surface area contributed by atoms with Crippen molar-refractivity contribution in [2.75, 3.05) is 26.8 Å². The fraction of sp³-hybridized carbons (Fsp3) is 0.556. The third-order valence-corrected chi connectivity index (χ3v) is 3.22. The lowest BCUT2D eigenvalue weighted by Gasteiger charge is -2.12. The van der Waals surface area contributed by atoms with Gasteiger partial charge < -0.3 is 14.8 Å². The van der Waals surface area contributed by atoms with Crippen molar-refractivity contribution in [1.82, 2.24) is 5.32 Å². The second-order valence-corrected chi connectivity index (χ2v) is 5.52. The summed E-state index contributed by atoms with van der Waals surface area (Å²) in [6.45, 7) is 11.2. The first-order chi connectivity index (χ1) is 10.1. The van der Waals surface area contributed by atoms with Crippen LogP contribution in [0.25, 0.3) is 6.08 Å². The molecule has 1 N–H and O–H groups in total. The van der Waals surface area contributed by atoms with Gasteiger partial charge in [0, 0.05) is 6.54 Å². The van der Waals surface area contributed by atoms with Gasteiger partial charge in [-0.3, -0.25) is 0 Å². The number of hydrogen-bond donors (Lipinski definition) is 1. The van der Waals surface area contributed by atoms with Crippen LogP contribution < -0.4 is 14.8 Å². The van der Waals surface area contributed by atoms with E-state index in [1.165, 1.54) is 5.57 Å². The van der Waals surface area contributed by atoms with E-state index < -0.39 is 0 Å². The van der Waals surface area contributed by atoms with E-state index in [9.17, 15) is 0 Å². The average Bonchev–Trinajstić information content (AvgIpc) is 2.47. The lowest BCUT2D eigenvalue weighted by atomic mass is 10.1. The molecule has 3 nitrogen and oxygen atoms in total. The van der Waals surface area contributed by atoms with Gasteiger partial charge in [-0.05, 0) is 43.5 Å². The third kappa shape index (κ3) is 6.21. The molecule has 21 heavy (non-hydrogen) atoms. The second-order valence-electron chi connectivity index (χ2n) is 5.52. The molecule has 1 rings (SSSR count). The van der Waals surface area contributed by atoms with E-state index in [4.69, 9.17) is 9.47 Å². The molecule has 3 heteroatoms. The molecule has 0 radical (unpaired) electrons. The van der Waals surface area contributed by atoms with Crippen LogP contribution in [-0.4, -0.2) is 26.8 Å². The zero-order valence-electron chi connectivity index (χ0n) is 14.0. The number of nitrogens with one attached hydrogen (secondary N) is 1. The number of rotatable bonds is 9. The van der Waals surface area contributed by atoms with E-state index in [0.29, 0.717) is 12.5 Å². The van der Waals surface area contributed by atoms with Crippen molar-refractivity contribution in [3.8, 4) is 11.5 Å². The minimum absolute atomic E-state index is 0.644. The largest absolute Gasteiger partial charge is 0.493 e. The summed E-state index contributed by atoms with van der Waals surface area (Å²) in [5.74, 6) is 2.26. The molecule has 0 saturated carbocycles. The van der Waals surface area contributed by atoms with Crippen LogP contribution in [0.5, 0.6) is 11.5 Å². The molecule has 0 aliphatic rings. The van der Waals surface area contributed by atoms with Crippen LogP contribution in [0.4, 0.5) is 0 Å². The van der Waals surface area contributed by atoms with Gasteiger partial charge in [0.25, 0.3) is 0 Å². The van der Waals surface area contributed by atoms with Crippen LogP contribution in [0.15, 0.2) is 23.8 Å². The first kappa shape index (κ1) is 17.6. The molecule has 0 aromatic heterocycles. The number of hydrogen-bond acceptors (Lipinski definition) is 3. The average molecular weight is 291 g/mol. The SMILES string of the molecule is CCOc1ccc(C=C(CC)CNCC(C)C)cc1OC. The van der Waals surface area contributed by atoms with E-state index in [1.54, 1.807) is 7.11 Å². The van der Waals surface area contributed by atoms with Gasteiger partial charge in [-0.25, -0.2) is 0 Å². The van der Waals surface area contributed by atoms with Crippen LogP contribution in [0.2, 0.25) is 0 Å². The lowest BCUT2D eigenvalue weighted by Crippen LogP contribution is -2.21. The van der Waals surface area contributed by atoms with Crippen molar-refractivity contribution in [3.05, 3.63) is 29.3 Å². The predicted octanol–water partition coefficient (Wildman–Crippen LogP) is 4.13. The first-order valence-electron chi connectivity index (χ1n) is 7.81. The maximum atomic E-state index is 5.55. The molecule has 118 valence electrons. The normalized spacial score (nSPS) is 11.8. The third-order valence-electron chi connectivity index (χ3n) is 3.22. The van der Waals surface area contributed by atoms with Crippen LogP contribution in [0, 0.1) is 5.92 Å². The Morgan fingerprint density at radius 3 is 2.57 bits per heavy atom. The van der Waals surface area contributed by atoms with Gasteiger partial charge in [0.05, 0.1) is 13.7 Å². The highest BCUT2D eigenvalue weighted by Crippen LogP contribution is 2.29. The molecule has 0 spiro atoms. The second kappa shape index (κ2) is 9.46. The lowest BCUT2D eigenvalue weighted by molar-refractivity contribution is 0.311. The van der Waals surface area contributed by atoms with E-state index in [2.05, 4.69) is 38.2 Å². The summed E-state index contributed by atoms with van der Waals surface area (Å²) in [5, 5.41) is 3.49. The number of benzene rings is 1. The summed E-state index contributed by atoms with van der Waals surface area (Å²) >= 11 is 0. The molecule has 0 aliphatic carbocycles. The topological polar surface area (TPSA) is 30.5 Å². The Hall–Kier alpha value is -1.48. The number of methoxy groups -OCH3 is 1. The zero-order valence-corrected chi connectivity index (χ0v) is 14.0. The Morgan fingerprint density at radius 2 is 2.00 bits per heavy atom. The first-order valence-corrected chi connectivity index (χ1v) is 7.81. The van der Waals surface area contributed by atoms with E-state index in [0.717, 1.165) is 36.6 Å². The Bertz CT molecular complexity index is 453. The highest BCUT2D eigenvalue weighted by Gasteiger charge is 2.05. The summed E-state index contributed by atoms with van der Waals surface area (Å²) in [4.78, 5) is 0. The smallest absolute Gasteiger partial charge is 0.161 e. The molecule has 0 aliphatic heterocycles. The van der Waals surface area contributed by atoms with E-state index in [-0.39, 0.29) is 0 Å². The standard InChI is InChI=1S/C18H29NO2/c1-6-15(13-19-12-14(3)4)10-16-8-9-17(21-7-2)18(11-16)20-5/h8-11,14,19H,6-7,12-13H2,1-5H3. The maximum absolute atomic E-state index is 5.55. The molecule has 0 fully saturated rings. The van der Waals surface area contributed by atoms with Crippen molar-refractivity contribution in [3.63, 3.8) is 0 Å². The molecule has 1 aromatic rings. The van der Waals surface area contributed by atoms with Crippen molar-refractivity contribution in [2.45, 2.75) is 34.1 Å². The highest BCUT2D eigenvalue weighted by atomic mass is 16.5. The number of ether oxygens (including phenoxy) is 2. The predicted molar refractivity (Wildman–Crippen MR) is 90.1 cm³/mol. The summed E-state index contributed by atoms with van der Waals surface area (Å²) in [7, 11) is 1.68. The van der Waals surface area contributed by atoms with E-state index in [1.807, 2.05) is 19.1 Å². The summed E-state index contributed by atoms with van der Waals surface area (Å²) in [5.41, 5.74) is 2.54. The summed E-state index contributed by atoms with van der Waals surface area (Å²) in [6.07, 6.45) is 3.27. The monoisotopic (exact) mass is 291 g/mol. The van der Waals surface area contributed by atoms with Crippen molar-refractivity contribution >= 4 is 6.08 Å². The van der Waals surface area contributed by atoms with Gasteiger partial charge in [-0.2, -0.15) is 0 Å². The van der Waals surface area contributed by atoms with Gasteiger partial charge in [0.2, 0.25) is 0 Å². The molecule has 0 heterocycles. The quantitative estimate of drug-likeness (QED) is 0.742. The van der Waals surface area contributed by atoms with Crippen LogP contribution >= 0.6 is 0 Å². The Balaban J connectivity index is 2.80. The van der Waals surface area contributed by atoms with Crippen molar-refractivity contribution in [1.29, 1.82) is 0 Å². The molecular formula is C18H29NO2. The molecule has 1 aromatic carbocycles. The van der Waals surface area contributed by atoms with Gasteiger partial charge in [-0.15, -0.1) is 0 Å². The molecule has 0 unspecified atom stereocenters. The minimum atomic E-state index is 0.644. The van der Waals surface area contributed by atoms with Crippen LogP contribution in [0.1, 0.15) is 39.7 Å². The maximum Gasteiger partial charge on any atom is 0.161 e. The zero-order chi connectivity index (χ0) is 15.7. The molecule has 0 saturated heterocycles. The van der Waals surface area contributed by atoms with Gasteiger partial charge >= 0.3 is 0 Å². The molecular weight excluding hydrogens is 262 g/mol. The van der Waals surface area contributed by atoms with E-state index >= 15 is 0 Å². The van der Waals surface area contributed by atoms with Gasteiger partial charge in [0.1, 0.15) is 0 Å². The van der Waals surface area contributed by atoms with Crippen molar-refractivity contribution in [2.24, 2.45) is 5.92 Å². The van der Waals surface area contributed by atoms with Gasteiger partial charge in [0.15, 0.2) is 11.5 Å². The Kier molecular flexibility index (Phi) is 7.91. The summed E-state index contributed by atoms with van der Waals surface area (Å²) in [6, 6.07) is 6.08. The fourth-order valence-corrected chi connectivity index (χ4v) is 2.08. The molecule has 0 amide bonds. The van der Waals surface area contributed by atoms with Gasteiger partial charge in [-0.1, -0.05) is 38.5 Å². The fourth-order valence-electron chi connectivity index (χ4n) is 2.08. The molecule has 0 bridgehead atoms. The van der Waals surface area contributed by atoms with Crippen LogP contribution in [-0.2, 0) is 0 Å².